The predicted molar refractivity (Wildman–Crippen MR) is 108 cm³/mol. The summed E-state index contributed by atoms with van der Waals surface area (Å²) in [6, 6.07) is 6.10. The average molecular weight is 402 g/mol. The van der Waals surface area contributed by atoms with Crippen molar-refractivity contribution in [1.29, 1.82) is 0 Å². The molecule has 7 heteroatoms. The Morgan fingerprint density at radius 3 is 2.14 bits per heavy atom. The summed E-state index contributed by atoms with van der Waals surface area (Å²) in [4.78, 5) is 28.9. The van der Waals surface area contributed by atoms with Crippen molar-refractivity contribution in [3.05, 3.63) is 58.7 Å². The number of aryl methyl sites for hydroxylation is 2. The number of fused-ring (bicyclic) bond motifs is 1. The monoisotopic (exact) mass is 402 g/mol. The molecule has 0 aliphatic carbocycles. The van der Waals surface area contributed by atoms with E-state index in [0.29, 0.717) is 17.8 Å². The fraction of sp³-hybridized carbons (Fsp3) is 0.364. The van der Waals surface area contributed by atoms with Crippen molar-refractivity contribution < 1.29 is 23.1 Å². The number of anilines is 2. The van der Waals surface area contributed by atoms with Gasteiger partial charge in [-0.1, -0.05) is 6.92 Å². The molecule has 0 saturated heterocycles. The van der Waals surface area contributed by atoms with Crippen molar-refractivity contribution in [3.63, 3.8) is 0 Å². The number of ether oxygens (including phenoxy) is 1. The molecule has 2 aromatic rings. The van der Waals surface area contributed by atoms with E-state index in [2.05, 4.69) is 0 Å². The minimum atomic E-state index is -0.814. The van der Waals surface area contributed by atoms with E-state index >= 15 is 0 Å². The van der Waals surface area contributed by atoms with E-state index in [-0.39, 0.29) is 24.8 Å². The number of benzene rings is 2. The van der Waals surface area contributed by atoms with Gasteiger partial charge in [-0.05, 0) is 62.6 Å². The quantitative estimate of drug-likeness (QED) is 0.727. The highest BCUT2D eigenvalue weighted by Gasteiger charge is 2.37. The Hall–Kier alpha value is -2.96. The van der Waals surface area contributed by atoms with Crippen LogP contribution in [0.25, 0.3) is 0 Å². The summed E-state index contributed by atoms with van der Waals surface area (Å²) in [5.74, 6) is -2.15. The molecule has 29 heavy (non-hydrogen) atoms. The normalized spacial score (nSPS) is 15.9. The first-order chi connectivity index (χ1) is 13.8. The third kappa shape index (κ3) is 3.95. The van der Waals surface area contributed by atoms with Gasteiger partial charge in [0.05, 0.1) is 24.0 Å². The molecule has 0 saturated carbocycles. The van der Waals surface area contributed by atoms with E-state index in [1.54, 1.807) is 11.8 Å². The lowest BCUT2D eigenvalue weighted by atomic mass is 9.99. The lowest BCUT2D eigenvalue weighted by Gasteiger charge is -2.42. The highest BCUT2D eigenvalue weighted by molar-refractivity contribution is 6.10. The number of hydrogen-bond donors (Lipinski definition) is 0. The Bertz CT molecular complexity index is 941. The molecule has 2 aromatic carbocycles. The van der Waals surface area contributed by atoms with Crippen LogP contribution in [0, 0.1) is 25.5 Å². The number of carbonyl (C=O) groups excluding carboxylic acids is 2. The molecule has 0 spiro atoms. The van der Waals surface area contributed by atoms with Crippen LogP contribution in [0.15, 0.2) is 30.3 Å². The minimum absolute atomic E-state index is 0.0777. The van der Waals surface area contributed by atoms with Crippen molar-refractivity contribution in [2.75, 3.05) is 23.0 Å². The summed E-state index contributed by atoms with van der Waals surface area (Å²) >= 11 is 0. The first kappa shape index (κ1) is 20.8. The second-order valence-electron chi connectivity index (χ2n) is 7.13. The molecule has 1 atom stereocenters. The second kappa shape index (κ2) is 8.19. The van der Waals surface area contributed by atoms with E-state index < -0.39 is 23.6 Å². The summed E-state index contributed by atoms with van der Waals surface area (Å²) in [5, 5.41) is 0. The minimum Gasteiger partial charge on any atom is -0.449 e. The molecule has 1 unspecified atom stereocenters. The van der Waals surface area contributed by atoms with Crippen LogP contribution in [0.2, 0.25) is 0 Å². The van der Waals surface area contributed by atoms with Crippen molar-refractivity contribution in [3.8, 4) is 0 Å². The van der Waals surface area contributed by atoms with Gasteiger partial charge in [0.2, 0.25) is 0 Å². The largest absolute Gasteiger partial charge is 0.449 e. The summed E-state index contributed by atoms with van der Waals surface area (Å²) in [6.07, 6.45) is 0.0969. The third-order valence-electron chi connectivity index (χ3n) is 5.19. The molecule has 1 heterocycles. The van der Waals surface area contributed by atoms with Crippen LogP contribution < -0.4 is 9.80 Å². The van der Waals surface area contributed by atoms with E-state index in [1.807, 2.05) is 32.9 Å². The van der Waals surface area contributed by atoms with Gasteiger partial charge in [0.15, 0.2) is 0 Å². The van der Waals surface area contributed by atoms with Gasteiger partial charge in [-0.15, -0.1) is 0 Å². The highest BCUT2D eigenvalue weighted by Crippen LogP contribution is 2.39. The predicted octanol–water partition coefficient (Wildman–Crippen LogP) is 4.98. The highest BCUT2D eigenvalue weighted by atomic mass is 19.1. The summed E-state index contributed by atoms with van der Waals surface area (Å²) in [6.45, 7) is 7.90. The molecule has 154 valence electrons. The van der Waals surface area contributed by atoms with Gasteiger partial charge in [0.1, 0.15) is 11.6 Å². The zero-order valence-electron chi connectivity index (χ0n) is 17.0. The van der Waals surface area contributed by atoms with Crippen LogP contribution >= 0.6 is 0 Å². The first-order valence-electron chi connectivity index (χ1n) is 9.62. The Labute approximate surface area is 168 Å². The lowest BCUT2D eigenvalue weighted by molar-refractivity contribution is 0.0980. The molecule has 1 aliphatic heterocycles. The van der Waals surface area contributed by atoms with Crippen LogP contribution in [0.1, 0.15) is 41.8 Å². The molecule has 5 nitrogen and oxygen atoms in total. The molecule has 3 rings (SSSR count). The van der Waals surface area contributed by atoms with Gasteiger partial charge in [-0.2, -0.15) is 0 Å². The average Bonchev–Trinajstić information content (AvgIpc) is 2.66. The van der Waals surface area contributed by atoms with Crippen LogP contribution in [0.3, 0.4) is 0 Å². The number of amides is 2. The molecule has 0 bridgehead atoms. The topological polar surface area (TPSA) is 49.9 Å². The van der Waals surface area contributed by atoms with Crippen LogP contribution in [0.4, 0.5) is 25.0 Å². The Balaban J connectivity index is 2.14. The maximum atomic E-state index is 13.7. The molecular formula is C22H24F2N2O3. The zero-order chi connectivity index (χ0) is 21.3. The van der Waals surface area contributed by atoms with Gasteiger partial charge >= 0.3 is 6.09 Å². The lowest BCUT2D eigenvalue weighted by Crippen LogP contribution is -2.53. The van der Waals surface area contributed by atoms with Crippen molar-refractivity contribution in [1.82, 2.24) is 0 Å². The number of rotatable bonds is 3. The fourth-order valence-electron chi connectivity index (χ4n) is 3.56. The van der Waals surface area contributed by atoms with E-state index in [9.17, 15) is 18.4 Å². The van der Waals surface area contributed by atoms with Crippen molar-refractivity contribution >= 4 is 23.4 Å². The molecule has 1 aliphatic rings. The number of hydrogen-bond acceptors (Lipinski definition) is 3. The van der Waals surface area contributed by atoms with Gasteiger partial charge in [0.25, 0.3) is 5.91 Å². The molecule has 0 fully saturated rings. The van der Waals surface area contributed by atoms with Gasteiger partial charge in [0, 0.05) is 18.2 Å². The Kier molecular flexibility index (Phi) is 5.86. The third-order valence-corrected chi connectivity index (χ3v) is 5.19. The molecule has 0 aromatic heterocycles. The Morgan fingerprint density at radius 1 is 1.00 bits per heavy atom. The molecular weight excluding hydrogens is 378 g/mol. The van der Waals surface area contributed by atoms with Gasteiger partial charge in [-0.3, -0.25) is 9.69 Å². The fourth-order valence-corrected chi connectivity index (χ4v) is 3.56. The number of carbonyl (C=O) groups is 2. The first-order valence-corrected chi connectivity index (χ1v) is 9.62. The maximum absolute atomic E-state index is 13.7. The summed E-state index contributed by atoms with van der Waals surface area (Å²) < 4.78 is 32.6. The molecule has 0 radical (unpaired) electrons. The zero-order valence-corrected chi connectivity index (χ0v) is 17.0. The number of nitrogens with zero attached hydrogens (tertiary/aromatic N) is 2. The SMILES string of the molecule is CCOC(=O)N1c2cc(C)c(C)cc2N(C(=O)c2cc(F)cc(F)c2)CC1CC. The van der Waals surface area contributed by atoms with Crippen LogP contribution in [-0.4, -0.2) is 31.2 Å². The van der Waals surface area contributed by atoms with Gasteiger partial charge < -0.3 is 9.64 Å². The molecule has 2 amide bonds. The maximum Gasteiger partial charge on any atom is 0.414 e. The van der Waals surface area contributed by atoms with E-state index in [1.165, 1.54) is 4.90 Å². The summed E-state index contributed by atoms with van der Waals surface area (Å²) in [5.41, 5.74) is 2.88. The van der Waals surface area contributed by atoms with Crippen LogP contribution in [0.5, 0.6) is 0 Å². The number of halogens is 2. The van der Waals surface area contributed by atoms with Gasteiger partial charge in [-0.25, -0.2) is 13.6 Å². The van der Waals surface area contributed by atoms with Crippen molar-refractivity contribution in [2.24, 2.45) is 0 Å². The van der Waals surface area contributed by atoms with E-state index in [4.69, 9.17) is 4.74 Å². The molecule has 0 N–H and O–H groups in total. The van der Waals surface area contributed by atoms with Crippen molar-refractivity contribution in [2.45, 2.75) is 40.2 Å². The van der Waals surface area contributed by atoms with E-state index in [0.717, 1.165) is 29.3 Å². The second-order valence-corrected chi connectivity index (χ2v) is 7.13. The smallest absolute Gasteiger partial charge is 0.414 e. The Morgan fingerprint density at radius 2 is 1.59 bits per heavy atom. The van der Waals surface area contributed by atoms with Crippen LogP contribution in [-0.2, 0) is 4.74 Å². The summed E-state index contributed by atoms with van der Waals surface area (Å²) in [7, 11) is 0. The standard InChI is InChI=1S/C22H24F2N2O3/c1-5-18-12-25(21(27)15-9-16(23)11-17(24)10-15)19-7-13(3)14(4)8-20(19)26(18)22(28)29-6-2/h7-11,18H,5-6,12H2,1-4H3.